The van der Waals surface area contributed by atoms with Gasteiger partial charge in [0.05, 0.1) is 0 Å². The van der Waals surface area contributed by atoms with Gasteiger partial charge < -0.3 is 0 Å². The molecular formula is C22H21P. The first-order valence-electron chi connectivity index (χ1n) is 8.36. The van der Waals surface area contributed by atoms with E-state index in [9.17, 15) is 0 Å². The van der Waals surface area contributed by atoms with Crippen LogP contribution in [0.4, 0.5) is 0 Å². The van der Waals surface area contributed by atoms with Crippen molar-refractivity contribution >= 4 is 13.9 Å². The molecule has 0 radical (unpaired) electrons. The zero-order chi connectivity index (χ0) is 15.5. The molecule has 0 N–H and O–H groups in total. The highest BCUT2D eigenvalue weighted by atomic mass is 31.1. The number of fused-ring (bicyclic) bond motifs is 2. The van der Waals surface area contributed by atoms with Crippen molar-refractivity contribution in [2.24, 2.45) is 0 Å². The molecule has 114 valence electrons. The summed E-state index contributed by atoms with van der Waals surface area (Å²) in [5.41, 5.74) is 6.15. The van der Waals surface area contributed by atoms with Gasteiger partial charge in [-0.3, -0.25) is 0 Å². The first-order chi connectivity index (χ1) is 11.4. The van der Waals surface area contributed by atoms with Crippen LogP contribution in [-0.4, -0.2) is 6.16 Å². The molecule has 0 heterocycles. The van der Waals surface area contributed by atoms with E-state index in [-0.39, 0.29) is 0 Å². The third kappa shape index (κ3) is 3.09. The second-order valence-electron chi connectivity index (χ2n) is 6.20. The number of hydrogen-bond donors (Lipinski definition) is 0. The van der Waals surface area contributed by atoms with Crippen LogP contribution in [0.5, 0.6) is 0 Å². The monoisotopic (exact) mass is 316 g/mol. The molecular weight excluding hydrogens is 295 g/mol. The van der Waals surface area contributed by atoms with Crippen molar-refractivity contribution in [1.29, 1.82) is 0 Å². The van der Waals surface area contributed by atoms with E-state index < -0.39 is 0 Å². The smallest absolute Gasteiger partial charge is 0.0135 e. The molecule has 0 amide bonds. The molecule has 3 aromatic rings. The number of hydrogen-bond acceptors (Lipinski definition) is 0. The Labute approximate surface area is 140 Å². The first-order valence-corrected chi connectivity index (χ1v) is 9.57. The lowest BCUT2D eigenvalue weighted by Crippen LogP contribution is -2.08. The van der Waals surface area contributed by atoms with E-state index in [1.165, 1.54) is 22.6 Å². The molecule has 23 heavy (non-hydrogen) atoms. The molecule has 1 aliphatic rings. The summed E-state index contributed by atoms with van der Waals surface area (Å²) >= 11 is 0. The maximum atomic E-state index is 2.34. The van der Waals surface area contributed by atoms with Gasteiger partial charge in [0.1, 0.15) is 0 Å². The molecule has 0 saturated heterocycles. The van der Waals surface area contributed by atoms with Gasteiger partial charge in [-0.1, -0.05) is 87.4 Å². The molecule has 1 aliphatic carbocycles. The quantitative estimate of drug-likeness (QED) is 0.602. The van der Waals surface area contributed by atoms with Crippen molar-refractivity contribution in [2.45, 2.75) is 18.8 Å². The summed E-state index contributed by atoms with van der Waals surface area (Å²) in [6.45, 7) is 0. The summed E-state index contributed by atoms with van der Waals surface area (Å²) in [5.74, 6) is 0.531. The molecule has 0 aliphatic heterocycles. The fraction of sp³-hybridized carbons (Fsp3) is 0.182. The van der Waals surface area contributed by atoms with Crippen LogP contribution in [0.15, 0.2) is 78.9 Å². The third-order valence-electron chi connectivity index (χ3n) is 4.81. The minimum atomic E-state index is 0.531. The predicted molar refractivity (Wildman–Crippen MR) is 101 cm³/mol. The second kappa shape index (κ2) is 6.69. The highest BCUT2D eigenvalue weighted by molar-refractivity contribution is 7.47. The van der Waals surface area contributed by atoms with Gasteiger partial charge in [-0.05, 0) is 46.6 Å². The van der Waals surface area contributed by atoms with Crippen LogP contribution in [0.25, 0.3) is 0 Å². The van der Waals surface area contributed by atoms with Gasteiger partial charge in [0.2, 0.25) is 0 Å². The van der Waals surface area contributed by atoms with Crippen molar-refractivity contribution in [3.63, 3.8) is 0 Å². The Morgan fingerprint density at radius 2 is 1.17 bits per heavy atom. The first kappa shape index (κ1) is 14.7. The summed E-state index contributed by atoms with van der Waals surface area (Å²) in [7, 11) is 0.856. The Morgan fingerprint density at radius 1 is 0.652 bits per heavy atom. The van der Waals surface area contributed by atoms with Gasteiger partial charge in [0.25, 0.3) is 0 Å². The maximum Gasteiger partial charge on any atom is 0.0135 e. The molecule has 3 aromatic carbocycles. The second-order valence-corrected chi connectivity index (χ2v) is 7.54. The lowest BCUT2D eigenvalue weighted by atomic mass is 9.90. The molecule has 1 heteroatoms. The van der Waals surface area contributed by atoms with E-state index in [4.69, 9.17) is 0 Å². The zero-order valence-electron chi connectivity index (χ0n) is 13.2. The molecule has 0 saturated carbocycles. The molecule has 0 aromatic heterocycles. The number of aryl methyl sites for hydroxylation is 2. The van der Waals surface area contributed by atoms with Gasteiger partial charge in [0, 0.05) is 5.92 Å². The Hall–Kier alpha value is -1.91. The van der Waals surface area contributed by atoms with E-state index >= 15 is 0 Å². The topological polar surface area (TPSA) is 0 Å². The van der Waals surface area contributed by atoms with Gasteiger partial charge in [0.15, 0.2) is 0 Å². The minimum Gasteiger partial charge on any atom is -0.0894 e. The summed E-state index contributed by atoms with van der Waals surface area (Å²) in [6, 6.07) is 29.0. The fourth-order valence-corrected chi connectivity index (χ4v) is 4.94. The average molecular weight is 316 g/mol. The van der Waals surface area contributed by atoms with Crippen LogP contribution in [0.3, 0.4) is 0 Å². The molecule has 0 bridgehead atoms. The van der Waals surface area contributed by atoms with Crippen molar-refractivity contribution in [3.05, 3.63) is 101 Å². The highest BCUT2D eigenvalue weighted by Crippen LogP contribution is 2.37. The van der Waals surface area contributed by atoms with Crippen molar-refractivity contribution < 1.29 is 0 Å². The van der Waals surface area contributed by atoms with E-state index in [1.54, 1.807) is 11.1 Å². The minimum absolute atomic E-state index is 0.531. The highest BCUT2D eigenvalue weighted by Gasteiger charge is 2.22. The van der Waals surface area contributed by atoms with E-state index in [0.29, 0.717) is 5.92 Å². The summed E-state index contributed by atoms with van der Waals surface area (Å²) < 4.78 is 0. The number of benzene rings is 3. The summed E-state index contributed by atoms with van der Waals surface area (Å²) in [5, 5.41) is 1.46. The maximum absolute atomic E-state index is 2.34. The summed E-state index contributed by atoms with van der Waals surface area (Å²) in [6.07, 6.45) is 3.54. The summed E-state index contributed by atoms with van der Waals surface area (Å²) in [4.78, 5) is 0. The van der Waals surface area contributed by atoms with Crippen molar-refractivity contribution in [2.75, 3.05) is 6.16 Å². The van der Waals surface area contributed by atoms with Crippen LogP contribution in [-0.2, 0) is 12.8 Å². The largest absolute Gasteiger partial charge is 0.0894 e. The van der Waals surface area contributed by atoms with Gasteiger partial charge in [-0.2, -0.15) is 0 Å². The lowest BCUT2D eigenvalue weighted by molar-refractivity contribution is 0.925. The molecule has 4 rings (SSSR count). The normalized spacial score (nSPS) is 14.4. The van der Waals surface area contributed by atoms with Crippen LogP contribution < -0.4 is 5.30 Å². The van der Waals surface area contributed by atoms with Gasteiger partial charge >= 0.3 is 0 Å². The van der Waals surface area contributed by atoms with Crippen LogP contribution in [0, 0.1) is 0 Å². The molecule has 0 spiro atoms. The zero-order valence-corrected chi connectivity index (χ0v) is 14.2. The van der Waals surface area contributed by atoms with Crippen LogP contribution in [0.1, 0.15) is 28.2 Å². The van der Waals surface area contributed by atoms with Gasteiger partial charge in [-0.25, -0.2) is 0 Å². The molecule has 0 nitrogen and oxygen atoms in total. The fourth-order valence-electron chi connectivity index (χ4n) is 3.64. The third-order valence-corrected chi connectivity index (χ3v) is 6.16. The number of rotatable bonds is 3. The van der Waals surface area contributed by atoms with E-state index in [0.717, 1.165) is 21.4 Å². The molecule has 1 unspecified atom stereocenters. The van der Waals surface area contributed by atoms with Crippen LogP contribution in [0.2, 0.25) is 0 Å². The average Bonchev–Trinajstić information content (AvgIpc) is 2.78. The van der Waals surface area contributed by atoms with E-state index in [2.05, 4.69) is 78.9 Å². The Bertz CT molecular complexity index is 744. The van der Waals surface area contributed by atoms with Crippen molar-refractivity contribution in [1.82, 2.24) is 0 Å². The van der Waals surface area contributed by atoms with E-state index in [1.807, 2.05) is 0 Å². The molecule has 1 atom stereocenters. The van der Waals surface area contributed by atoms with Crippen molar-refractivity contribution in [3.8, 4) is 0 Å². The molecule has 0 fully saturated rings. The van der Waals surface area contributed by atoms with Crippen LogP contribution >= 0.6 is 8.58 Å². The Morgan fingerprint density at radius 3 is 1.78 bits per heavy atom. The Kier molecular flexibility index (Phi) is 4.26. The lowest BCUT2D eigenvalue weighted by Gasteiger charge is -2.20. The standard InChI is InChI=1S/C22H21P/c1-2-10-19(11-3-1)23-16-22-20-12-6-4-8-17(20)14-15-18-9-5-7-13-21(18)22/h1-13,22-23H,14-16H2. The predicted octanol–water partition coefficient (Wildman–Crippen LogP) is 4.92. The Balaban J connectivity index is 1.71. The van der Waals surface area contributed by atoms with Gasteiger partial charge in [-0.15, -0.1) is 0 Å². The SMILES string of the molecule is c1ccc(PCC2c3ccccc3CCc3ccccc32)cc1.